The number of allylic oxidation sites excluding steroid dienone is 4. The topological polar surface area (TPSA) is 0 Å². The van der Waals surface area contributed by atoms with Crippen LogP contribution in [0.25, 0.3) is 33.0 Å². The van der Waals surface area contributed by atoms with Crippen LogP contribution in [0.3, 0.4) is 0 Å². The molecule has 13 rings (SSSR count). The lowest BCUT2D eigenvalue weighted by molar-refractivity contribution is 0.209. The first kappa shape index (κ1) is 44.9. The zero-order valence-corrected chi connectivity index (χ0v) is 44.8. The van der Waals surface area contributed by atoms with Crippen molar-refractivity contribution in [1.82, 2.24) is 0 Å². The molecule has 1 fully saturated rings. The predicted molar refractivity (Wildman–Crippen MR) is 300 cm³/mol. The maximum Gasteiger partial charge on any atom is 0.0211 e. The smallest absolute Gasteiger partial charge is 0.0211 e. The maximum absolute atomic E-state index is 2.71. The van der Waals surface area contributed by atoms with Gasteiger partial charge in [-0.15, -0.1) is 0 Å². The van der Waals surface area contributed by atoms with E-state index in [1.165, 1.54) is 106 Å². The Morgan fingerprint density at radius 3 is 1.76 bits per heavy atom. The molecule has 6 aliphatic rings. The second-order valence-corrected chi connectivity index (χ2v) is 25.8. The third-order valence-electron chi connectivity index (χ3n) is 20.2. The van der Waals surface area contributed by atoms with Gasteiger partial charge in [-0.05, 0) is 181 Å². The summed E-state index contributed by atoms with van der Waals surface area (Å²) in [6.07, 6.45) is 6.95. The molecule has 4 unspecified atom stereocenters. The van der Waals surface area contributed by atoms with Gasteiger partial charge in [0.05, 0.1) is 0 Å². The first-order chi connectivity index (χ1) is 33.7. The van der Waals surface area contributed by atoms with Gasteiger partial charge >= 0.3 is 0 Å². The van der Waals surface area contributed by atoms with Gasteiger partial charge in [-0.25, -0.2) is 0 Å². The number of rotatable bonds is 8. The lowest BCUT2D eigenvalue weighted by Crippen LogP contribution is -2.45. The van der Waals surface area contributed by atoms with Gasteiger partial charge < -0.3 is 0 Å². The summed E-state index contributed by atoms with van der Waals surface area (Å²) in [6.45, 7) is 31.8. The first-order valence-electron chi connectivity index (χ1n) is 27.0. The lowest BCUT2D eigenvalue weighted by Gasteiger charge is -2.41. The van der Waals surface area contributed by atoms with Crippen LogP contribution in [0.5, 0.6) is 0 Å². The van der Waals surface area contributed by atoms with E-state index in [4.69, 9.17) is 0 Å². The van der Waals surface area contributed by atoms with Crippen molar-refractivity contribution < 1.29 is 0 Å². The van der Waals surface area contributed by atoms with Gasteiger partial charge in [-0.1, -0.05) is 218 Å². The molecule has 0 radical (unpaired) electrons. The first-order valence-corrected chi connectivity index (χ1v) is 27.0. The molecule has 356 valence electrons. The second-order valence-electron chi connectivity index (χ2n) is 25.8. The third kappa shape index (κ3) is 6.09. The summed E-state index contributed by atoms with van der Waals surface area (Å²) in [5.74, 6) is 1.28. The molecule has 71 heavy (non-hydrogen) atoms. The average Bonchev–Trinajstić information content (AvgIpc) is 3.71. The number of aryl methyl sites for hydroxylation is 3. The number of hydrogen-bond acceptors (Lipinski definition) is 0. The van der Waals surface area contributed by atoms with E-state index in [2.05, 4.69) is 223 Å². The van der Waals surface area contributed by atoms with Gasteiger partial charge in [0.1, 0.15) is 0 Å². The maximum atomic E-state index is 2.71. The molecule has 4 atom stereocenters. The fourth-order valence-electron chi connectivity index (χ4n) is 15.8. The summed E-state index contributed by atoms with van der Waals surface area (Å²) in [6, 6.07) is 50.9. The minimum atomic E-state index is -0.221. The van der Waals surface area contributed by atoms with Crippen LogP contribution < -0.4 is 10.4 Å². The van der Waals surface area contributed by atoms with E-state index in [0.717, 1.165) is 19.3 Å². The van der Waals surface area contributed by atoms with Crippen LogP contribution in [0.2, 0.25) is 0 Å². The molecule has 0 bridgehead atoms. The minimum absolute atomic E-state index is 0.0638. The summed E-state index contributed by atoms with van der Waals surface area (Å²) in [7, 11) is 0. The Hall–Kier alpha value is -5.98. The highest BCUT2D eigenvalue weighted by Crippen LogP contribution is 2.65. The molecular formula is C71H72. The lowest BCUT2D eigenvalue weighted by atomic mass is 9.62. The standard InChI is InChI=1S/C71H72/c1-40-20-24-46(25-21-40)52(34-44-35-57-63-58(36-44)69(9,10)55-32-42(3)50-16-14-18-53(67(57,5)6)61(50)65(55)63)47-26-30-49(31-27-47)71(13,48-28-22-41(2)23-29-48)39-45-37-59-64-60(38-45)70(11,12)56-33-43(4)51-17-15-19-54(68(59,7)8)62(51)66(56)64/h14-32,35-37,52,56,60H,33-34,38-39H2,1-13H3. The highest BCUT2D eigenvalue weighted by atomic mass is 14.6. The second kappa shape index (κ2) is 14.8. The van der Waals surface area contributed by atoms with E-state index in [-0.39, 0.29) is 33.0 Å². The molecule has 0 N–H and O–H groups in total. The van der Waals surface area contributed by atoms with E-state index in [1.807, 2.05) is 0 Å². The predicted octanol–water partition coefficient (Wildman–Crippen LogP) is 16.4. The molecule has 0 saturated heterocycles. The van der Waals surface area contributed by atoms with E-state index >= 15 is 0 Å². The Bertz CT molecular complexity index is 3670. The van der Waals surface area contributed by atoms with Crippen LogP contribution in [0.15, 0.2) is 150 Å². The number of benzene rings is 7. The third-order valence-corrected chi connectivity index (χ3v) is 20.2. The normalized spacial score (nSPS) is 22.1. The van der Waals surface area contributed by atoms with Crippen molar-refractivity contribution in [2.45, 2.75) is 143 Å². The van der Waals surface area contributed by atoms with Crippen LogP contribution in [0.1, 0.15) is 167 Å². The van der Waals surface area contributed by atoms with Gasteiger partial charge in [0.2, 0.25) is 0 Å². The summed E-state index contributed by atoms with van der Waals surface area (Å²) >= 11 is 0. The summed E-state index contributed by atoms with van der Waals surface area (Å²) in [4.78, 5) is 0. The zero-order chi connectivity index (χ0) is 49.5. The largest absolute Gasteiger partial charge is 0.0681 e. The molecular weight excluding hydrogens is 853 g/mol. The van der Waals surface area contributed by atoms with E-state index in [9.17, 15) is 0 Å². The van der Waals surface area contributed by atoms with E-state index < -0.39 is 0 Å². The van der Waals surface area contributed by atoms with Crippen molar-refractivity contribution >= 4 is 21.9 Å². The van der Waals surface area contributed by atoms with Crippen molar-refractivity contribution in [3.05, 3.63) is 233 Å². The van der Waals surface area contributed by atoms with Crippen LogP contribution >= 0.6 is 0 Å². The number of hydrogen-bond donors (Lipinski definition) is 0. The molecule has 0 aliphatic heterocycles. The fraction of sp³-hybridized carbons (Fsp3) is 0.352. The molecule has 0 heteroatoms. The van der Waals surface area contributed by atoms with Crippen LogP contribution in [-0.2, 0) is 28.1 Å². The molecule has 0 spiro atoms. The van der Waals surface area contributed by atoms with Gasteiger partial charge in [0.15, 0.2) is 0 Å². The van der Waals surface area contributed by atoms with Gasteiger partial charge in [0, 0.05) is 27.6 Å². The summed E-state index contributed by atoms with van der Waals surface area (Å²) in [5.41, 5.74) is 29.3. The van der Waals surface area contributed by atoms with Crippen molar-refractivity contribution in [2.24, 2.45) is 17.3 Å². The van der Waals surface area contributed by atoms with Crippen LogP contribution in [0, 0.1) is 38.0 Å². The van der Waals surface area contributed by atoms with Gasteiger partial charge in [-0.3, -0.25) is 0 Å². The Kier molecular flexibility index (Phi) is 9.37. The Morgan fingerprint density at radius 1 is 0.549 bits per heavy atom. The molecule has 6 aliphatic carbocycles. The Labute approximate surface area is 424 Å². The van der Waals surface area contributed by atoms with Gasteiger partial charge in [-0.2, -0.15) is 0 Å². The summed E-state index contributed by atoms with van der Waals surface area (Å²) in [5, 5.41) is 5.98. The Morgan fingerprint density at radius 2 is 1.10 bits per heavy atom. The van der Waals surface area contributed by atoms with Gasteiger partial charge in [0.25, 0.3) is 0 Å². The molecule has 7 aromatic carbocycles. The van der Waals surface area contributed by atoms with Crippen molar-refractivity contribution in [1.29, 1.82) is 0 Å². The van der Waals surface area contributed by atoms with Crippen LogP contribution in [-0.4, -0.2) is 0 Å². The fourth-order valence-corrected chi connectivity index (χ4v) is 15.8. The summed E-state index contributed by atoms with van der Waals surface area (Å²) < 4.78 is 0. The van der Waals surface area contributed by atoms with Crippen molar-refractivity contribution in [3.8, 4) is 11.1 Å². The molecule has 1 saturated carbocycles. The monoisotopic (exact) mass is 925 g/mol. The highest BCUT2D eigenvalue weighted by molar-refractivity contribution is 6.09. The average molecular weight is 925 g/mol. The van der Waals surface area contributed by atoms with Crippen molar-refractivity contribution in [3.63, 3.8) is 0 Å². The molecule has 7 aromatic rings. The van der Waals surface area contributed by atoms with E-state index in [0.29, 0.717) is 11.8 Å². The van der Waals surface area contributed by atoms with Crippen molar-refractivity contribution in [2.75, 3.05) is 0 Å². The molecule has 0 aromatic heterocycles. The van der Waals surface area contributed by atoms with Crippen LogP contribution in [0.4, 0.5) is 0 Å². The zero-order valence-electron chi connectivity index (χ0n) is 44.8. The SMILES string of the molecule is CC1=c2cccc3c2=C2C4=C(C=C(CC(C)(c5ccc(C)cc5)c5ccc(C(Cc6cc7c8c(c6)C(C)(C)c6cccc9c(C)cc(c-8c69)C7(C)C)c6ccc(C)cc6)cc5)CC4C(C)(C)C2C1)C3(C)C. The minimum Gasteiger partial charge on any atom is -0.0681 e. The quantitative estimate of drug-likeness (QED) is 0.142. The Balaban J connectivity index is 0.911. The highest BCUT2D eigenvalue weighted by Gasteiger charge is 2.55. The van der Waals surface area contributed by atoms with E-state index in [1.54, 1.807) is 33.1 Å². The molecule has 0 nitrogen and oxygen atoms in total. The molecule has 0 heterocycles. The molecule has 0 amide bonds.